The summed E-state index contributed by atoms with van der Waals surface area (Å²) in [5.41, 5.74) is 1.69. The standard InChI is InChI=1S/C19H16ClF3N2O/c1-25(10-12-5-7-15(21)18(23)17(12)22)16(26)8-6-11-9-24-19-13(11)3-2-4-14(19)20/h2-5,7,9,24H,6,8,10H2,1H3. The van der Waals surface area contributed by atoms with Crippen LogP contribution in [0.1, 0.15) is 17.5 Å². The highest BCUT2D eigenvalue weighted by molar-refractivity contribution is 6.35. The van der Waals surface area contributed by atoms with E-state index in [4.69, 9.17) is 11.6 Å². The van der Waals surface area contributed by atoms with E-state index >= 15 is 0 Å². The van der Waals surface area contributed by atoms with E-state index in [9.17, 15) is 18.0 Å². The Morgan fingerprint density at radius 2 is 1.88 bits per heavy atom. The quantitative estimate of drug-likeness (QED) is 0.632. The van der Waals surface area contributed by atoms with Crippen molar-refractivity contribution in [3.05, 3.63) is 70.1 Å². The first-order chi connectivity index (χ1) is 12.4. The van der Waals surface area contributed by atoms with Crippen molar-refractivity contribution in [2.45, 2.75) is 19.4 Å². The van der Waals surface area contributed by atoms with Gasteiger partial charge in [-0.3, -0.25) is 4.79 Å². The minimum atomic E-state index is -1.53. The molecule has 136 valence electrons. The molecule has 3 aromatic rings. The fourth-order valence-electron chi connectivity index (χ4n) is 2.85. The first-order valence-electron chi connectivity index (χ1n) is 7.99. The van der Waals surface area contributed by atoms with E-state index in [0.29, 0.717) is 11.4 Å². The number of para-hydroxylation sites is 1. The van der Waals surface area contributed by atoms with Crippen LogP contribution in [0.5, 0.6) is 0 Å². The van der Waals surface area contributed by atoms with Crippen LogP contribution in [0.4, 0.5) is 13.2 Å². The van der Waals surface area contributed by atoms with Gasteiger partial charge >= 0.3 is 0 Å². The van der Waals surface area contributed by atoms with Crippen molar-refractivity contribution in [3.8, 4) is 0 Å². The third-order valence-electron chi connectivity index (χ3n) is 4.31. The van der Waals surface area contributed by atoms with Crippen LogP contribution in [-0.2, 0) is 17.8 Å². The predicted molar refractivity (Wildman–Crippen MR) is 94.4 cm³/mol. The minimum absolute atomic E-state index is 0.0707. The lowest BCUT2D eigenvalue weighted by Crippen LogP contribution is -2.27. The Labute approximate surface area is 153 Å². The maximum atomic E-state index is 13.7. The number of benzene rings is 2. The molecule has 0 atom stereocenters. The highest BCUT2D eigenvalue weighted by Crippen LogP contribution is 2.26. The zero-order chi connectivity index (χ0) is 18.8. The minimum Gasteiger partial charge on any atom is -0.360 e. The van der Waals surface area contributed by atoms with E-state index < -0.39 is 17.5 Å². The van der Waals surface area contributed by atoms with Crippen molar-refractivity contribution < 1.29 is 18.0 Å². The van der Waals surface area contributed by atoms with Crippen LogP contribution in [0.3, 0.4) is 0 Å². The van der Waals surface area contributed by atoms with E-state index in [2.05, 4.69) is 4.98 Å². The predicted octanol–water partition coefficient (Wildman–Crippen LogP) is 4.83. The molecule has 1 N–H and O–H groups in total. The van der Waals surface area contributed by atoms with Crippen molar-refractivity contribution in [1.29, 1.82) is 0 Å². The lowest BCUT2D eigenvalue weighted by atomic mass is 10.1. The van der Waals surface area contributed by atoms with Crippen LogP contribution in [-0.4, -0.2) is 22.8 Å². The molecule has 0 spiro atoms. The van der Waals surface area contributed by atoms with Gasteiger partial charge in [-0.1, -0.05) is 29.8 Å². The smallest absolute Gasteiger partial charge is 0.222 e. The van der Waals surface area contributed by atoms with Gasteiger partial charge in [-0.05, 0) is 24.1 Å². The summed E-state index contributed by atoms with van der Waals surface area (Å²) in [5, 5.41) is 1.55. The van der Waals surface area contributed by atoms with Crippen LogP contribution in [0.2, 0.25) is 5.02 Å². The molecule has 2 aromatic carbocycles. The molecule has 26 heavy (non-hydrogen) atoms. The maximum absolute atomic E-state index is 13.7. The molecule has 0 aliphatic carbocycles. The van der Waals surface area contributed by atoms with Crippen molar-refractivity contribution in [1.82, 2.24) is 9.88 Å². The number of H-pyrrole nitrogens is 1. The van der Waals surface area contributed by atoms with Gasteiger partial charge in [0, 0.05) is 37.2 Å². The molecular weight excluding hydrogens is 365 g/mol. The Balaban J connectivity index is 1.66. The van der Waals surface area contributed by atoms with E-state index in [1.54, 1.807) is 12.3 Å². The number of nitrogens with zero attached hydrogens (tertiary/aromatic N) is 1. The van der Waals surface area contributed by atoms with Gasteiger partial charge in [0.25, 0.3) is 0 Å². The van der Waals surface area contributed by atoms with Crippen molar-refractivity contribution in [2.24, 2.45) is 0 Å². The number of fused-ring (bicyclic) bond motifs is 1. The second-order valence-corrected chi connectivity index (χ2v) is 6.47. The molecule has 0 bridgehead atoms. The van der Waals surface area contributed by atoms with Gasteiger partial charge in [0.05, 0.1) is 10.5 Å². The van der Waals surface area contributed by atoms with Gasteiger partial charge < -0.3 is 9.88 Å². The third-order valence-corrected chi connectivity index (χ3v) is 4.62. The number of amides is 1. The van der Waals surface area contributed by atoms with Crippen LogP contribution in [0, 0.1) is 17.5 Å². The topological polar surface area (TPSA) is 36.1 Å². The maximum Gasteiger partial charge on any atom is 0.222 e. The van der Waals surface area contributed by atoms with Gasteiger partial charge in [-0.25, -0.2) is 13.2 Å². The normalized spacial score (nSPS) is 11.1. The Hall–Kier alpha value is -2.47. The summed E-state index contributed by atoms with van der Waals surface area (Å²) in [6, 6.07) is 7.51. The lowest BCUT2D eigenvalue weighted by Gasteiger charge is -2.18. The average molecular weight is 381 g/mol. The number of rotatable bonds is 5. The summed E-state index contributed by atoms with van der Waals surface area (Å²) in [6.45, 7) is -0.137. The molecule has 3 rings (SSSR count). The molecule has 3 nitrogen and oxygen atoms in total. The van der Waals surface area contributed by atoms with E-state index in [-0.39, 0.29) is 24.4 Å². The monoisotopic (exact) mass is 380 g/mol. The van der Waals surface area contributed by atoms with Crippen molar-refractivity contribution in [3.63, 3.8) is 0 Å². The second kappa shape index (κ2) is 7.41. The highest BCUT2D eigenvalue weighted by Gasteiger charge is 2.17. The summed E-state index contributed by atoms with van der Waals surface area (Å²) in [4.78, 5) is 16.7. The average Bonchev–Trinajstić information content (AvgIpc) is 3.04. The van der Waals surface area contributed by atoms with Crippen molar-refractivity contribution >= 4 is 28.4 Å². The first kappa shape index (κ1) is 18.3. The fraction of sp³-hybridized carbons (Fsp3) is 0.211. The lowest BCUT2D eigenvalue weighted by molar-refractivity contribution is -0.130. The van der Waals surface area contributed by atoms with Crippen LogP contribution in [0.15, 0.2) is 36.5 Å². The zero-order valence-electron chi connectivity index (χ0n) is 14.0. The van der Waals surface area contributed by atoms with E-state index in [1.807, 2.05) is 12.1 Å². The molecule has 1 amide bonds. The van der Waals surface area contributed by atoms with Gasteiger partial charge in [0.1, 0.15) is 0 Å². The number of halogens is 4. The summed E-state index contributed by atoms with van der Waals surface area (Å²) < 4.78 is 40.0. The molecule has 0 radical (unpaired) electrons. The Bertz CT molecular complexity index is 971. The largest absolute Gasteiger partial charge is 0.360 e. The number of aromatic nitrogens is 1. The molecule has 0 unspecified atom stereocenters. The summed E-state index contributed by atoms with van der Waals surface area (Å²) in [7, 11) is 1.50. The van der Waals surface area contributed by atoms with E-state index in [0.717, 1.165) is 28.6 Å². The SMILES string of the molecule is CN(Cc1ccc(F)c(F)c1F)C(=O)CCc1c[nH]c2c(Cl)cccc12. The number of hydrogen-bond acceptors (Lipinski definition) is 1. The molecule has 7 heteroatoms. The van der Waals surface area contributed by atoms with Gasteiger partial charge in [-0.2, -0.15) is 0 Å². The number of carbonyl (C=O) groups excluding carboxylic acids is 1. The van der Waals surface area contributed by atoms with Crippen molar-refractivity contribution in [2.75, 3.05) is 7.05 Å². The summed E-state index contributed by atoms with van der Waals surface area (Å²) >= 11 is 6.11. The summed E-state index contributed by atoms with van der Waals surface area (Å²) in [5.74, 6) is -4.28. The van der Waals surface area contributed by atoms with Crippen LogP contribution >= 0.6 is 11.6 Å². The molecule has 0 aliphatic heterocycles. The second-order valence-electron chi connectivity index (χ2n) is 6.06. The van der Waals surface area contributed by atoms with Crippen LogP contribution < -0.4 is 0 Å². The van der Waals surface area contributed by atoms with Gasteiger partial charge in [0.2, 0.25) is 5.91 Å². The molecule has 1 heterocycles. The molecular formula is C19H16ClF3N2O. The number of aryl methyl sites for hydroxylation is 1. The number of aromatic amines is 1. The Morgan fingerprint density at radius 3 is 2.65 bits per heavy atom. The highest BCUT2D eigenvalue weighted by atomic mass is 35.5. The fourth-order valence-corrected chi connectivity index (χ4v) is 3.08. The third kappa shape index (κ3) is 3.55. The molecule has 0 saturated carbocycles. The first-order valence-corrected chi connectivity index (χ1v) is 8.37. The Kier molecular flexibility index (Phi) is 5.23. The summed E-state index contributed by atoms with van der Waals surface area (Å²) in [6.07, 6.45) is 2.48. The number of carbonyl (C=O) groups is 1. The van der Waals surface area contributed by atoms with Crippen LogP contribution in [0.25, 0.3) is 10.9 Å². The number of nitrogens with one attached hydrogen (secondary N) is 1. The molecule has 0 aliphatic rings. The van der Waals surface area contributed by atoms with Gasteiger partial charge in [0.15, 0.2) is 17.5 Å². The van der Waals surface area contributed by atoms with E-state index in [1.165, 1.54) is 11.9 Å². The number of hydrogen-bond donors (Lipinski definition) is 1. The Morgan fingerprint density at radius 1 is 1.12 bits per heavy atom. The zero-order valence-corrected chi connectivity index (χ0v) is 14.7. The molecule has 0 saturated heterocycles. The van der Waals surface area contributed by atoms with Gasteiger partial charge in [-0.15, -0.1) is 0 Å². The molecule has 0 fully saturated rings. The molecule has 1 aromatic heterocycles.